The summed E-state index contributed by atoms with van der Waals surface area (Å²) in [4.78, 5) is 14.5. The van der Waals surface area contributed by atoms with E-state index in [1.54, 1.807) is 12.3 Å². The zero-order valence-corrected chi connectivity index (χ0v) is 10.7. The van der Waals surface area contributed by atoms with Gasteiger partial charge in [-0.1, -0.05) is 0 Å². The summed E-state index contributed by atoms with van der Waals surface area (Å²) >= 11 is 1.12. The van der Waals surface area contributed by atoms with Crippen LogP contribution in [0.3, 0.4) is 0 Å². The third-order valence-electron chi connectivity index (χ3n) is 1.90. The molecule has 0 amide bonds. The SMILES string of the molecule is Cc1csc(NS(=O)(=O)c2ccc(C(=O)O)o2)n1. The molecule has 0 aliphatic heterocycles. The number of anilines is 1. The average Bonchev–Trinajstić information content (AvgIpc) is 2.86. The highest BCUT2D eigenvalue weighted by Gasteiger charge is 2.22. The summed E-state index contributed by atoms with van der Waals surface area (Å²) in [5, 5.41) is 10.1. The number of carboxylic acid groups (broad SMARTS) is 1. The lowest BCUT2D eigenvalue weighted by Crippen LogP contribution is -2.12. The minimum absolute atomic E-state index is 0.195. The first-order chi connectivity index (χ1) is 8.38. The Morgan fingerprint density at radius 1 is 1.50 bits per heavy atom. The van der Waals surface area contributed by atoms with Gasteiger partial charge in [0.05, 0.1) is 5.69 Å². The number of hydrogen-bond donors (Lipinski definition) is 2. The monoisotopic (exact) mass is 288 g/mol. The number of carbonyl (C=O) groups is 1. The van der Waals surface area contributed by atoms with Gasteiger partial charge in [-0.2, -0.15) is 8.42 Å². The number of hydrogen-bond acceptors (Lipinski definition) is 6. The number of nitrogens with zero attached hydrogens (tertiary/aromatic N) is 1. The highest BCUT2D eigenvalue weighted by Crippen LogP contribution is 2.21. The Labute approximate surface area is 106 Å². The average molecular weight is 288 g/mol. The Morgan fingerprint density at radius 3 is 2.72 bits per heavy atom. The van der Waals surface area contributed by atoms with Crippen molar-refractivity contribution < 1.29 is 22.7 Å². The summed E-state index contributed by atoms with van der Waals surface area (Å²) in [7, 11) is -3.94. The molecule has 0 saturated heterocycles. The van der Waals surface area contributed by atoms with Crippen molar-refractivity contribution in [3.63, 3.8) is 0 Å². The molecule has 0 unspecified atom stereocenters. The van der Waals surface area contributed by atoms with Crippen LogP contribution in [0.1, 0.15) is 16.2 Å². The molecular formula is C9H8N2O5S2. The van der Waals surface area contributed by atoms with Crippen molar-refractivity contribution >= 4 is 32.5 Å². The normalized spacial score (nSPS) is 11.4. The summed E-state index contributed by atoms with van der Waals surface area (Å²) < 4.78 is 30.5. The largest absolute Gasteiger partial charge is 0.475 e. The lowest BCUT2D eigenvalue weighted by molar-refractivity contribution is 0.0656. The number of thiazole rings is 1. The molecule has 7 nitrogen and oxygen atoms in total. The number of sulfonamides is 1. The van der Waals surface area contributed by atoms with Crippen LogP contribution < -0.4 is 4.72 Å². The Balaban J connectivity index is 2.27. The van der Waals surface area contributed by atoms with Gasteiger partial charge in [0.15, 0.2) is 5.13 Å². The molecule has 2 heterocycles. The van der Waals surface area contributed by atoms with Crippen molar-refractivity contribution in [3.05, 3.63) is 29.0 Å². The van der Waals surface area contributed by atoms with Gasteiger partial charge in [-0.05, 0) is 19.1 Å². The zero-order chi connectivity index (χ0) is 13.3. The predicted molar refractivity (Wildman–Crippen MR) is 63.3 cm³/mol. The van der Waals surface area contributed by atoms with Gasteiger partial charge in [0.2, 0.25) is 10.9 Å². The van der Waals surface area contributed by atoms with Gasteiger partial charge < -0.3 is 9.52 Å². The van der Waals surface area contributed by atoms with Gasteiger partial charge in [0.25, 0.3) is 10.0 Å². The molecular weight excluding hydrogens is 280 g/mol. The molecule has 0 spiro atoms. The molecule has 0 atom stereocenters. The molecule has 0 bridgehead atoms. The van der Waals surface area contributed by atoms with Crippen LogP contribution in [0.2, 0.25) is 0 Å². The van der Waals surface area contributed by atoms with E-state index in [0.29, 0.717) is 5.69 Å². The molecule has 2 N–H and O–H groups in total. The minimum Gasteiger partial charge on any atom is -0.475 e. The van der Waals surface area contributed by atoms with E-state index >= 15 is 0 Å². The molecule has 2 rings (SSSR count). The summed E-state index contributed by atoms with van der Waals surface area (Å²) in [6, 6.07) is 2.15. The van der Waals surface area contributed by atoms with Crippen molar-refractivity contribution in [2.75, 3.05) is 4.72 Å². The van der Waals surface area contributed by atoms with Gasteiger partial charge in [-0.3, -0.25) is 4.72 Å². The van der Waals surface area contributed by atoms with Gasteiger partial charge in [0.1, 0.15) is 0 Å². The number of rotatable bonds is 4. The highest BCUT2D eigenvalue weighted by molar-refractivity contribution is 7.92. The maximum absolute atomic E-state index is 11.8. The number of nitrogens with one attached hydrogen (secondary N) is 1. The predicted octanol–water partition coefficient (Wildman–Crippen LogP) is 1.54. The van der Waals surface area contributed by atoms with E-state index in [1.807, 2.05) is 0 Å². The lowest BCUT2D eigenvalue weighted by Gasteiger charge is -2.00. The fourth-order valence-corrected chi connectivity index (χ4v) is 3.02. The van der Waals surface area contributed by atoms with Crippen LogP contribution in [-0.2, 0) is 10.0 Å². The smallest absolute Gasteiger partial charge is 0.371 e. The highest BCUT2D eigenvalue weighted by atomic mass is 32.2. The number of carboxylic acids is 1. The van der Waals surface area contributed by atoms with Gasteiger partial charge in [-0.15, -0.1) is 11.3 Å². The van der Waals surface area contributed by atoms with Crippen LogP contribution >= 0.6 is 11.3 Å². The number of aromatic carboxylic acids is 1. The zero-order valence-electron chi connectivity index (χ0n) is 9.08. The molecule has 18 heavy (non-hydrogen) atoms. The van der Waals surface area contributed by atoms with Crippen LogP contribution in [0, 0.1) is 6.92 Å². The molecule has 96 valence electrons. The Bertz CT molecular complexity index is 685. The number of aromatic nitrogens is 1. The van der Waals surface area contributed by atoms with Gasteiger partial charge >= 0.3 is 5.97 Å². The Kier molecular flexibility index (Phi) is 3.09. The van der Waals surface area contributed by atoms with E-state index in [-0.39, 0.29) is 5.13 Å². The second kappa shape index (κ2) is 4.42. The van der Waals surface area contributed by atoms with Crippen molar-refractivity contribution in [1.82, 2.24) is 4.98 Å². The first-order valence-electron chi connectivity index (χ1n) is 4.66. The first kappa shape index (κ1) is 12.6. The quantitative estimate of drug-likeness (QED) is 0.883. The molecule has 2 aromatic rings. The third-order valence-corrected chi connectivity index (χ3v) is 4.11. The van der Waals surface area contributed by atoms with E-state index in [4.69, 9.17) is 9.52 Å². The van der Waals surface area contributed by atoms with Crippen LogP contribution in [0.25, 0.3) is 0 Å². The molecule has 0 aliphatic rings. The fourth-order valence-electron chi connectivity index (χ4n) is 1.15. The second-order valence-corrected chi connectivity index (χ2v) is 5.79. The Morgan fingerprint density at radius 2 is 2.22 bits per heavy atom. The van der Waals surface area contributed by atoms with E-state index < -0.39 is 26.8 Å². The maximum atomic E-state index is 11.8. The van der Waals surface area contributed by atoms with Crippen molar-refractivity contribution in [3.8, 4) is 0 Å². The number of aryl methyl sites for hydroxylation is 1. The molecule has 0 radical (unpaired) electrons. The Hall–Kier alpha value is -1.87. The summed E-state index contributed by atoms with van der Waals surface area (Å²) in [6.07, 6.45) is 0. The summed E-state index contributed by atoms with van der Waals surface area (Å²) in [6.45, 7) is 1.73. The van der Waals surface area contributed by atoms with Crippen molar-refractivity contribution in [1.29, 1.82) is 0 Å². The number of furan rings is 1. The van der Waals surface area contributed by atoms with E-state index in [2.05, 4.69) is 9.71 Å². The molecule has 0 saturated carbocycles. The van der Waals surface area contributed by atoms with Crippen LogP contribution in [0.15, 0.2) is 27.0 Å². The molecule has 2 aromatic heterocycles. The van der Waals surface area contributed by atoms with Gasteiger partial charge in [0, 0.05) is 5.38 Å². The molecule has 0 aliphatic carbocycles. The summed E-state index contributed by atoms with van der Waals surface area (Å²) in [5.74, 6) is -1.77. The summed E-state index contributed by atoms with van der Waals surface area (Å²) in [5.41, 5.74) is 0.684. The van der Waals surface area contributed by atoms with Crippen molar-refractivity contribution in [2.24, 2.45) is 0 Å². The standard InChI is InChI=1S/C9H8N2O5S2/c1-5-4-17-9(10-5)11-18(14,15)7-3-2-6(16-7)8(12)13/h2-4H,1H3,(H,10,11)(H,12,13). The van der Waals surface area contributed by atoms with E-state index in [1.165, 1.54) is 0 Å². The third kappa shape index (κ3) is 2.51. The lowest BCUT2D eigenvalue weighted by atomic mass is 10.5. The molecule has 0 aromatic carbocycles. The maximum Gasteiger partial charge on any atom is 0.371 e. The first-order valence-corrected chi connectivity index (χ1v) is 7.03. The van der Waals surface area contributed by atoms with E-state index in [0.717, 1.165) is 23.5 Å². The minimum atomic E-state index is -3.94. The topological polar surface area (TPSA) is 110 Å². The van der Waals surface area contributed by atoms with Crippen molar-refractivity contribution in [2.45, 2.75) is 12.0 Å². The molecule has 0 fully saturated rings. The van der Waals surface area contributed by atoms with E-state index in [9.17, 15) is 13.2 Å². The van der Waals surface area contributed by atoms with Crippen LogP contribution in [0.5, 0.6) is 0 Å². The van der Waals surface area contributed by atoms with Crippen LogP contribution in [-0.4, -0.2) is 24.5 Å². The molecule has 9 heteroatoms. The fraction of sp³-hybridized carbons (Fsp3) is 0.111. The second-order valence-electron chi connectivity index (χ2n) is 3.32. The van der Waals surface area contributed by atoms with Gasteiger partial charge in [-0.25, -0.2) is 9.78 Å². The van der Waals surface area contributed by atoms with Crippen LogP contribution in [0.4, 0.5) is 5.13 Å².